The Labute approximate surface area is 167 Å². The summed E-state index contributed by atoms with van der Waals surface area (Å²) in [6.45, 7) is 5.38. The maximum absolute atomic E-state index is 12.9. The van der Waals surface area contributed by atoms with Gasteiger partial charge in [0.05, 0.1) is 17.4 Å². The lowest BCUT2D eigenvalue weighted by Crippen LogP contribution is -2.47. The minimum Gasteiger partial charge on any atom is -0.336 e. The Morgan fingerprint density at radius 3 is 2.63 bits per heavy atom. The molecule has 1 aliphatic rings. The van der Waals surface area contributed by atoms with Crippen LogP contribution in [-0.4, -0.2) is 58.9 Å². The average Bonchev–Trinajstić information content (AvgIpc) is 2.68. The molecule has 1 saturated heterocycles. The van der Waals surface area contributed by atoms with E-state index in [4.69, 9.17) is 4.98 Å². The number of hydrogen-bond donors (Lipinski definition) is 0. The van der Waals surface area contributed by atoms with Crippen molar-refractivity contribution in [3.05, 3.63) is 58.2 Å². The maximum Gasteiger partial charge on any atom is 0.254 e. The van der Waals surface area contributed by atoms with Gasteiger partial charge in [-0.3, -0.25) is 9.78 Å². The van der Waals surface area contributed by atoms with E-state index in [0.717, 1.165) is 64.1 Å². The number of likely N-dealkylation sites (N-methyl/N-ethyl adjacent to an activating group) is 1. The van der Waals surface area contributed by atoms with Gasteiger partial charge in [0.2, 0.25) is 0 Å². The first-order chi connectivity index (χ1) is 13.0. The van der Waals surface area contributed by atoms with Gasteiger partial charge < -0.3 is 9.80 Å². The predicted molar refractivity (Wildman–Crippen MR) is 111 cm³/mol. The molecule has 0 aliphatic carbocycles. The summed E-state index contributed by atoms with van der Waals surface area (Å²) < 4.78 is 0.924. The van der Waals surface area contributed by atoms with E-state index >= 15 is 0 Å². The van der Waals surface area contributed by atoms with E-state index in [1.54, 1.807) is 6.20 Å². The molecule has 0 saturated carbocycles. The second kappa shape index (κ2) is 7.37. The van der Waals surface area contributed by atoms with Gasteiger partial charge in [0.1, 0.15) is 5.52 Å². The van der Waals surface area contributed by atoms with Crippen LogP contribution in [0.1, 0.15) is 15.9 Å². The van der Waals surface area contributed by atoms with Gasteiger partial charge in [0.25, 0.3) is 5.91 Å². The molecular weight excluding hydrogens is 404 g/mol. The van der Waals surface area contributed by atoms with Crippen molar-refractivity contribution in [2.24, 2.45) is 0 Å². The van der Waals surface area contributed by atoms with Crippen LogP contribution in [0.25, 0.3) is 22.3 Å². The standard InChI is InChI=1S/C21H21BrN4O/c1-14-12-15(19-13-23-18-5-3-4-17(22)20(18)24-19)6-7-16(14)21(27)26-10-8-25(2)9-11-26/h3-7,12-13H,8-11H2,1-2H3. The van der Waals surface area contributed by atoms with Gasteiger partial charge in [-0.05, 0) is 59.7 Å². The molecule has 0 spiro atoms. The predicted octanol–water partition coefficient (Wildman–Crippen LogP) is 3.76. The van der Waals surface area contributed by atoms with Gasteiger partial charge in [0.15, 0.2) is 0 Å². The van der Waals surface area contributed by atoms with E-state index in [2.05, 4.69) is 32.9 Å². The van der Waals surface area contributed by atoms with Crippen molar-refractivity contribution < 1.29 is 4.79 Å². The molecule has 1 amide bonds. The highest BCUT2D eigenvalue weighted by atomic mass is 79.9. The molecule has 1 fully saturated rings. The number of fused-ring (bicyclic) bond motifs is 1. The van der Waals surface area contributed by atoms with E-state index < -0.39 is 0 Å². The molecule has 2 aromatic carbocycles. The molecule has 1 aromatic heterocycles. The number of hydrogen-bond acceptors (Lipinski definition) is 4. The quantitative estimate of drug-likeness (QED) is 0.628. The lowest BCUT2D eigenvalue weighted by molar-refractivity contribution is 0.0663. The Bertz CT molecular complexity index is 1010. The molecular formula is C21H21BrN4O. The minimum atomic E-state index is 0.111. The number of rotatable bonds is 2. The van der Waals surface area contributed by atoms with Crippen LogP contribution >= 0.6 is 15.9 Å². The summed E-state index contributed by atoms with van der Waals surface area (Å²) in [7, 11) is 2.09. The van der Waals surface area contributed by atoms with Crippen LogP contribution in [0.3, 0.4) is 0 Å². The van der Waals surface area contributed by atoms with Crippen LogP contribution in [0.2, 0.25) is 0 Å². The summed E-state index contributed by atoms with van der Waals surface area (Å²) >= 11 is 3.54. The van der Waals surface area contributed by atoms with Crippen molar-refractivity contribution >= 4 is 32.9 Å². The number of para-hydroxylation sites is 1. The van der Waals surface area contributed by atoms with Crippen molar-refractivity contribution in [2.75, 3.05) is 33.2 Å². The van der Waals surface area contributed by atoms with Gasteiger partial charge in [-0.2, -0.15) is 0 Å². The highest BCUT2D eigenvalue weighted by Crippen LogP contribution is 2.26. The molecule has 0 N–H and O–H groups in total. The molecule has 3 aromatic rings. The number of aromatic nitrogens is 2. The lowest BCUT2D eigenvalue weighted by Gasteiger charge is -2.32. The zero-order valence-corrected chi connectivity index (χ0v) is 17.0. The largest absolute Gasteiger partial charge is 0.336 e. The summed E-state index contributed by atoms with van der Waals surface area (Å²) in [5.74, 6) is 0.111. The van der Waals surface area contributed by atoms with Crippen LogP contribution in [0.5, 0.6) is 0 Å². The number of benzene rings is 2. The van der Waals surface area contributed by atoms with Gasteiger partial charge in [-0.1, -0.05) is 12.1 Å². The second-order valence-corrected chi connectivity index (χ2v) is 7.84. The Morgan fingerprint density at radius 2 is 1.89 bits per heavy atom. The Hall–Kier alpha value is -2.31. The summed E-state index contributed by atoms with van der Waals surface area (Å²) in [6, 6.07) is 11.8. The number of amides is 1. The van der Waals surface area contributed by atoms with Crippen LogP contribution < -0.4 is 0 Å². The fraction of sp³-hybridized carbons (Fsp3) is 0.286. The summed E-state index contributed by atoms with van der Waals surface area (Å²) in [5.41, 5.74) is 5.18. The van der Waals surface area contributed by atoms with Crippen molar-refractivity contribution in [1.82, 2.24) is 19.8 Å². The highest BCUT2D eigenvalue weighted by molar-refractivity contribution is 9.10. The maximum atomic E-state index is 12.9. The first-order valence-corrected chi connectivity index (χ1v) is 9.82. The number of halogens is 1. The highest BCUT2D eigenvalue weighted by Gasteiger charge is 2.21. The molecule has 0 unspecified atom stereocenters. The fourth-order valence-electron chi connectivity index (χ4n) is 3.38. The third-order valence-electron chi connectivity index (χ3n) is 5.07. The average molecular weight is 425 g/mol. The molecule has 0 atom stereocenters. The normalized spacial score (nSPS) is 15.3. The molecule has 0 bridgehead atoms. The first-order valence-electron chi connectivity index (χ1n) is 9.03. The van der Waals surface area contributed by atoms with Crippen LogP contribution in [-0.2, 0) is 0 Å². The zero-order chi connectivity index (χ0) is 19.0. The van der Waals surface area contributed by atoms with Crippen molar-refractivity contribution in [3.8, 4) is 11.3 Å². The minimum absolute atomic E-state index is 0.111. The molecule has 2 heterocycles. The van der Waals surface area contributed by atoms with Crippen molar-refractivity contribution in [2.45, 2.75) is 6.92 Å². The monoisotopic (exact) mass is 424 g/mol. The number of aryl methyl sites for hydroxylation is 1. The molecule has 0 radical (unpaired) electrons. The zero-order valence-electron chi connectivity index (χ0n) is 15.4. The van der Waals surface area contributed by atoms with Gasteiger partial charge in [-0.15, -0.1) is 0 Å². The van der Waals surface area contributed by atoms with Gasteiger partial charge in [0, 0.05) is 41.8 Å². The van der Waals surface area contributed by atoms with E-state index in [1.165, 1.54) is 0 Å². The van der Waals surface area contributed by atoms with Crippen molar-refractivity contribution in [3.63, 3.8) is 0 Å². The number of carbonyl (C=O) groups is 1. The first kappa shape index (κ1) is 18.1. The molecule has 27 heavy (non-hydrogen) atoms. The van der Waals surface area contributed by atoms with Crippen molar-refractivity contribution in [1.29, 1.82) is 0 Å². The van der Waals surface area contributed by atoms with Crippen LogP contribution in [0, 0.1) is 6.92 Å². The number of piperazine rings is 1. The SMILES string of the molecule is Cc1cc(-c2cnc3cccc(Br)c3n2)ccc1C(=O)N1CCN(C)CC1. The third-order valence-corrected chi connectivity index (χ3v) is 5.71. The van der Waals surface area contributed by atoms with E-state index in [-0.39, 0.29) is 5.91 Å². The van der Waals surface area contributed by atoms with Gasteiger partial charge in [-0.25, -0.2) is 4.98 Å². The van der Waals surface area contributed by atoms with Crippen LogP contribution in [0.4, 0.5) is 0 Å². The second-order valence-electron chi connectivity index (χ2n) is 6.99. The number of carbonyl (C=O) groups excluding carboxylic acids is 1. The summed E-state index contributed by atoms with van der Waals surface area (Å²) in [5, 5.41) is 0. The Balaban J connectivity index is 1.64. The third kappa shape index (κ3) is 3.59. The Kier molecular flexibility index (Phi) is 4.93. The number of nitrogens with zero attached hydrogens (tertiary/aromatic N) is 4. The van der Waals surface area contributed by atoms with E-state index in [9.17, 15) is 4.79 Å². The summed E-state index contributed by atoms with van der Waals surface area (Å²) in [6.07, 6.45) is 1.78. The molecule has 4 rings (SSSR count). The lowest BCUT2D eigenvalue weighted by atomic mass is 10.0. The smallest absolute Gasteiger partial charge is 0.254 e. The molecule has 6 heteroatoms. The molecule has 5 nitrogen and oxygen atoms in total. The topological polar surface area (TPSA) is 49.3 Å². The Morgan fingerprint density at radius 1 is 1.11 bits per heavy atom. The summed E-state index contributed by atoms with van der Waals surface area (Å²) in [4.78, 5) is 26.3. The molecule has 138 valence electrons. The van der Waals surface area contributed by atoms with E-state index in [1.807, 2.05) is 48.2 Å². The van der Waals surface area contributed by atoms with Crippen LogP contribution in [0.15, 0.2) is 47.1 Å². The van der Waals surface area contributed by atoms with Gasteiger partial charge >= 0.3 is 0 Å². The fourth-order valence-corrected chi connectivity index (χ4v) is 3.83. The molecule has 1 aliphatic heterocycles. The van der Waals surface area contributed by atoms with E-state index in [0.29, 0.717) is 0 Å².